The third-order valence-electron chi connectivity index (χ3n) is 5.34. The maximum Gasteiger partial charge on any atom is 0.416 e. The highest BCUT2D eigenvalue weighted by atomic mass is 35.5. The molecule has 0 aliphatic carbocycles. The largest absolute Gasteiger partial charge is 0.416 e. The molecule has 1 saturated heterocycles. The van der Waals surface area contributed by atoms with Crippen molar-refractivity contribution in [1.82, 2.24) is 21.3 Å². The highest BCUT2D eigenvalue weighted by molar-refractivity contribution is 6.30. The number of carbonyl (C=O) groups is 2. The van der Waals surface area contributed by atoms with Crippen molar-refractivity contribution in [2.24, 2.45) is 0 Å². The predicted octanol–water partition coefficient (Wildman–Crippen LogP) is 2.31. The van der Waals surface area contributed by atoms with Gasteiger partial charge in [-0.2, -0.15) is 13.2 Å². The summed E-state index contributed by atoms with van der Waals surface area (Å²) in [5.74, 6) is -1.31. The molecular weight excluding hydrogens is 459 g/mol. The number of piperidine rings is 1. The van der Waals surface area contributed by atoms with Gasteiger partial charge in [0, 0.05) is 29.8 Å². The molecule has 0 bridgehead atoms. The van der Waals surface area contributed by atoms with Gasteiger partial charge < -0.3 is 27.0 Å². The fourth-order valence-electron chi connectivity index (χ4n) is 3.55. The number of halogens is 4. The zero-order valence-corrected chi connectivity index (χ0v) is 18.4. The van der Waals surface area contributed by atoms with Crippen molar-refractivity contribution in [3.63, 3.8) is 0 Å². The van der Waals surface area contributed by atoms with E-state index in [1.54, 1.807) is 12.1 Å². The van der Waals surface area contributed by atoms with Gasteiger partial charge in [-0.05, 0) is 48.9 Å². The molecule has 0 spiro atoms. The van der Waals surface area contributed by atoms with E-state index in [2.05, 4.69) is 21.3 Å². The molecule has 11 heteroatoms. The van der Waals surface area contributed by atoms with Crippen LogP contribution in [0.1, 0.15) is 27.9 Å². The molecule has 2 unspecified atom stereocenters. The van der Waals surface area contributed by atoms with Crippen molar-refractivity contribution in [1.29, 1.82) is 0 Å². The summed E-state index contributed by atoms with van der Waals surface area (Å²) in [5.41, 5.74) is 5.26. The van der Waals surface area contributed by atoms with E-state index in [0.717, 1.165) is 30.7 Å². The molecule has 0 aromatic heterocycles. The number of benzene rings is 2. The van der Waals surface area contributed by atoms with Crippen LogP contribution in [0, 0.1) is 0 Å². The van der Waals surface area contributed by atoms with Crippen LogP contribution in [0.25, 0.3) is 0 Å². The Kier molecular flexibility index (Phi) is 8.17. The summed E-state index contributed by atoms with van der Waals surface area (Å²) in [7, 11) is 0. The third-order valence-corrected chi connectivity index (χ3v) is 5.60. The first kappa shape index (κ1) is 24.8. The van der Waals surface area contributed by atoms with Gasteiger partial charge in [-0.3, -0.25) is 9.59 Å². The summed E-state index contributed by atoms with van der Waals surface area (Å²) < 4.78 is 38.7. The lowest BCUT2D eigenvalue weighted by Gasteiger charge is -2.33. The Morgan fingerprint density at radius 2 is 1.85 bits per heavy atom. The lowest BCUT2D eigenvalue weighted by Crippen LogP contribution is -2.59. The highest BCUT2D eigenvalue weighted by Gasteiger charge is 2.32. The molecule has 2 aromatic carbocycles. The lowest BCUT2D eigenvalue weighted by atomic mass is 10.00. The van der Waals surface area contributed by atoms with E-state index in [9.17, 15) is 22.8 Å². The quantitative estimate of drug-likeness (QED) is 0.388. The van der Waals surface area contributed by atoms with Crippen LogP contribution in [0.4, 0.5) is 18.9 Å². The van der Waals surface area contributed by atoms with Crippen LogP contribution in [-0.2, 0) is 17.5 Å². The molecule has 3 rings (SSSR count). The zero-order valence-electron chi connectivity index (χ0n) is 17.6. The van der Waals surface area contributed by atoms with Gasteiger partial charge in [-0.1, -0.05) is 23.7 Å². The maximum atomic E-state index is 12.9. The Balaban J connectivity index is 1.53. The van der Waals surface area contributed by atoms with Crippen LogP contribution in [0.3, 0.4) is 0 Å². The lowest BCUT2D eigenvalue weighted by molar-refractivity contribution is -0.137. The smallest absolute Gasteiger partial charge is 0.398 e. The molecule has 0 radical (unpaired) electrons. The summed E-state index contributed by atoms with van der Waals surface area (Å²) in [4.78, 5) is 24.7. The predicted molar refractivity (Wildman–Crippen MR) is 120 cm³/mol. The first-order valence-corrected chi connectivity index (χ1v) is 10.7. The summed E-state index contributed by atoms with van der Waals surface area (Å²) in [6, 6.07) is 9.70. The van der Waals surface area contributed by atoms with E-state index in [0.29, 0.717) is 24.2 Å². The van der Waals surface area contributed by atoms with Gasteiger partial charge in [0.2, 0.25) is 5.91 Å². The fourth-order valence-corrected chi connectivity index (χ4v) is 3.67. The van der Waals surface area contributed by atoms with Gasteiger partial charge in [0.05, 0.1) is 23.7 Å². The van der Waals surface area contributed by atoms with Crippen molar-refractivity contribution < 1.29 is 22.8 Å². The number of hydrogen-bond acceptors (Lipinski definition) is 5. The van der Waals surface area contributed by atoms with Crippen molar-refractivity contribution >= 4 is 29.1 Å². The van der Waals surface area contributed by atoms with Crippen LogP contribution in [0.5, 0.6) is 0 Å². The molecule has 2 aromatic rings. The standard InChI is InChI=1S/C22H25ClF3N5O2/c23-15-4-1-13(2-5-15)10-29-18-7-8-28-11-19(18)31-20(32)12-30-21(33)16-9-14(22(24,25)26)3-6-17(16)27/h1-6,9,18-19,28-29H,7-8,10-12,27H2,(H,30,33)(H,31,32). The van der Waals surface area contributed by atoms with Gasteiger partial charge >= 0.3 is 6.18 Å². The number of amides is 2. The van der Waals surface area contributed by atoms with Gasteiger partial charge in [0.15, 0.2) is 0 Å². The Bertz CT molecular complexity index is 985. The molecule has 1 aliphatic rings. The summed E-state index contributed by atoms with van der Waals surface area (Å²) in [6.45, 7) is 1.53. The Hall–Kier alpha value is -2.82. The van der Waals surface area contributed by atoms with Crippen molar-refractivity contribution in [3.8, 4) is 0 Å². The van der Waals surface area contributed by atoms with Crippen molar-refractivity contribution in [3.05, 3.63) is 64.2 Å². The minimum absolute atomic E-state index is 0.000640. The molecule has 1 fully saturated rings. The highest BCUT2D eigenvalue weighted by Crippen LogP contribution is 2.31. The fraction of sp³-hybridized carbons (Fsp3) is 0.364. The SMILES string of the molecule is Nc1ccc(C(F)(F)F)cc1C(=O)NCC(=O)NC1CNCCC1NCc1ccc(Cl)cc1. The van der Waals surface area contributed by atoms with Crippen molar-refractivity contribution in [2.75, 3.05) is 25.4 Å². The minimum Gasteiger partial charge on any atom is -0.398 e. The third kappa shape index (κ3) is 7.08. The van der Waals surface area contributed by atoms with E-state index < -0.39 is 30.1 Å². The van der Waals surface area contributed by atoms with E-state index >= 15 is 0 Å². The summed E-state index contributed by atoms with van der Waals surface area (Å²) in [6.07, 6.45) is -3.83. The first-order chi connectivity index (χ1) is 15.6. The second-order valence-electron chi connectivity index (χ2n) is 7.76. The van der Waals surface area contributed by atoms with Crippen LogP contribution >= 0.6 is 11.6 Å². The maximum absolute atomic E-state index is 12.9. The normalized spacial score (nSPS) is 18.5. The number of carbonyl (C=O) groups excluding carboxylic acids is 2. The van der Waals surface area contributed by atoms with Gasteiger partial charge in [0.25, 0.3) is 5.91 Å². The van der Waals surface area contributed by atoms with Crippen LogP contribution in [0.2, 0.25) is 5.02 Å². The van der Waals surface area contributed by atoms with E-state index in [1.807, 2.05) is 12.1 Å². The summed E-state index contributed by atoms with van der Waals surface area (Å²) in [5, 5.41) is 12.5. The molecular formula is C22H25ClF3N5O2. The Labute approximate surface area is 194 Å². The van der Waals surface area contributed by atoms with E-state index in [-0.39, 0.29) is 23.3 Å². The number of nitrogens with two attached hydrogens (primary N) is 1. The van der Waals surface area contributed by atoms with Gasteiger partial charge in [-0.15, -0.1) is 0 Å². The van der Waals surface area contributed by atoms with Crippen LogP contribution < -0.4 is 27.0 Å². The van der Waals surface area contributed by atoms with Gasteiger partial charge in [-0.25, -0.2) is 0 Å². The molecule has 178 valence electrons. The molecule has 2 amide bonds. The van der Waals surface area contributed by atoms with Gasteiger partial charge in [0.1, 0.15) is 0 Å². The molecule has 7 nitrogen and oxygen atoms in total. The monoisotopic (exact) mass is 483 g/mol. The number of nitrogen functional groups attached to an aromatic ring is 1. The first-order valence-electron chi connectivity index (χ1n) is 10.4. The average Bonchev–Trinajstić information content (AvgIpc) is 2.77. The Morgan fingerprint density at radius 3 is 2.55 bits per heavy atom. The molecule has 1 heterocycles. The number of rotatable bonds is 7. The minimum atomic E-state index is -4.61. The molecule has 1 aliphatic heterocycles. The molecule has 33 heavy (non-hydrogen) atoms. The Morgan fingerprint density at radius 1 is 1.12 bits per heavy atom. The van der Waals surface area contributed by atoms with E-state index in [1.165, 1.54) is 0 Å². The van der Waals surface area contributed by atoms with Crippen LogP contribution in [-0.4, -0.2) is 43.5 Å². The summed E-state index contributed by atoms with van der Waals surface area (Å²) >= 11 is 5.91. The van der Waals surface area contributed by atoms with Crippen LogP contribution in [0.15, 0.2) is 42.5 Å². The number of nitrogens with one attached hydrogen (secondary N) is 4. The average molecular weight is 484 g/mol. The second kappa shape index (κ2) is 10.9. The number of hydrogen-bond donors (Lipinski definition) is 5. The topological polar surface area (TPSA) is 108 Å². The number of anilines is 1. The van der Waals surface area contributed by atoms with Crippen molar-refractivity contribution in [2.45, 2.75) is 31.2 Å². The molecule has 0 saturated carbocycles. The van der Waals surface area contributed by atoms with E-state index in [4.69, 9.17) is 17.3 Å². The molecule has 2 atom stereocenters. The zero-order chi connectivity index (χ0) is 24.0. The molecule has 6 N–H and O–H groups in total. The second-order valence-corrected chi connectivity index (χ2v) is 8.20. The number of alkyl halides is 3.